The largest absolute Gasteiger partial charge is 0.367 e. The number of piperazine rings is 1. The minimum Gasteiger partial charge on any atom is -0.367 e. The van der Waals surface area contributed by atoms with Crippen LogP contribution in [0.15, 0.2) is 36.7 Å². The Balaban J connectivity index is 1.46. The zero-order valence-electron chi connectivity index (χ0n) is 16.7. The average Bonchev–Trinajstić information content (AvgIpc) is 3.13. The molecule has 1 fully saturated rings. The molecule has 1 aromatic carbocycles. The molecule has 0 unspecified atom stereocenters. The zero-order valence-corrected chi connectivity index (χ0v) is 17.5. The van der Waals surface area contributed by atoms with E-state index in [9.17, 15) is 10.1 Å². The number of aryl methyl sites for hydroxylation is 2. The molecule has 1 aliphatic heterocycles. The van der Waals surface area contributed by atoms with E-state index in [4.69, 9.17) is 0 Å². The maximum atomic E-state index is 11.3. The number of fused-ring (bicyclic) bond motifs is 2. The fourth-order valence-electron chi connectivity index (χ4n) is 4.07. The van der Waals surface area contributed by atoms with Crippen molar-refractivity contribution in [2.75, 3.05) is 36.0 Å². The molecule has 0 saturated carbocycles. The first-order valence-corrected chi connectivity index (χ1v) is 10.6. The summed E-state index contributed by atoms with van der Waals surface area (Å²) in [6, 6.07) is 9.05. The molecule has 1 aliphatic rings. The van der Waals surface area contributed by atoms with Crippen molar-refractivity contribution in [2.45, 2.75) is 13.8 Å². The van der Waals surface area contributed by atoms with Crippen LogP contribution in [0.2, 0.25) is 0 Å². The standard InChI is InChI=1S/C21H20N6O2S/c1-13-9-19(16-11-15(27(28)29)3-4-18(16)24-13)25-5-7-26(8-6-25)20-17-10-14(2)30-21(17)23-12-22-20/h3-4,9-12H,5-8H2,1-2H3. The Hall–Kier alpha value is -3.33. The smallest absolute Gasteiger partial charge is 0.270 e. The molecule has 4 aromatic rings. The number of pyridine rings is 1. The van der Waals surface area contributed by atoms with Gasteiger partial charge in [0.25, 0.3) is 5.69 Å². The molecule has 0 bridgehead atoms. The predicted molar refractivity (Wildman–Crippen MR) is 120 cm³/mol. The van der Waals surface area contributed by atoms with Crippen molar-refractivity contribution in [3.8, 4) is 0 Å². The van der Waals surface area contributed by atoms with Crippen molar-refractivity contribution in [1.82, 2.24) is 15.0 Å². The van der Waals surface area contributed by atoms with Crippen molar-refractivity contribution < 1.29 is 4.92 Å². The average molecular weight is 420 g/mol. The van der Waals surface area contributed by atoms with Crippen LogP contribution in [0.4, 0.5) is 17.2 Å². The Morgan fingerprint density at radius 1 is 1.00 bits per heavy atom. The second-order valence-corrected chi connectivity index (χ2v) is 8.72. The van der Waals surface area contributed by atoms with Crippen LogP contribution < -0.4 is 9.80 Å². The summed E-state index contributed by atoms with van der Waals surface area (Å²) in [6.07, 6.45) is 1.64. The molecule has 0 radical (unpaired) electrons. The van der Waals surface area contributed by atoms with E-state index in [1.165, 1.54) is 10.9 Å². The van der Waals surface area contributed by atoms with Gasteiger partial charge in [-0.15, -0.1) is 11.3 Å². The Bertz CT molecular complexity index is 1280. The SMILES string of the molecule is Cc1cc(N2CCN(c3ncnc4sc(C)cc34)CC2)c2cc([N+](=O)[O-])ccc2n1. The summed E-state index contributed by atoms with van der Waals surface area (Å²) >= 11 is 1.68. The number of hydrogen-bond acceptors (Lipinski definition) is 8. The monoisotopic (exact) mass is 420 g/mol. The van der Waals surface area contributed by atoms with Gasteiger partial charge in [0.15, 0.2) is 0 Å². The highest BCUT2D eigenvalue weighted by Gasteiger charge is 2.23. The summed E-state index contributed by atoms with van der Waals surface area (Å²) < 4.78 is 0. The van der Waals surface area contributed by atoms with Gasteiger partial charge in [-0.25, -0.2) is 9.97 Å². The van der Waals surface area contributed by atoms with E-state index in [0.29, 0.717) is 0 Å². The number of anilines is 2. The molecule has 8 nitrogen and oxygen atoms in total. The molecule has 4 heterocycles. The van der Waals surface area contributed by atoms with E-state index in [1.807, 2.05) is 13.0 Å². The maximum Gasteiger partial charge on any atom is 0.270 e. The van der Waals surface area contributed by atoms with Gasteiger partial charge in [-0.3, -0.25) is 15.1 Å². The molecule has 0 spiro atoms. The molecule has 0 N–H and O–H groups in total. The Morgan fingerprint density at radius 2 is 1.77 bits per heavy atom. The molecule has 30 heavy (non-hydrogen) atoms. The maximum absolute atomic E-state index is 11.3. The highest BCUT2D eigenvalue weighted by Crippen LogP contribution is 2.33. The van der Waals surface area contributed by atoms with E-state index < -0.39 is 0 Å². The normalized spacial score (nSPS) is 14.6. The van der Waals surface area contributed by atoms with Gasteiger partial charge in [0.1, 0.15) is 17.0 Å². The quantitative estimate of drug-likeness (QED) is 0.364. The lowest BCUT2D eigenvalue weighted by atomic mass is 10.1. The van der Waals surface area contributed by atoms with Gasteiger partial charge in [0.05, 0.1) is 15.8 Å². The Labute approximate surface area is 177 Å². The second-order valence-electron chi connectivity index (χ2n) is 7.49. The van der Waals surface area contributed by atoms with Gasteiger partial charge in [0.2, 0.25) is 0 Å². The number of benzene rings is 1. The highest BCUT2D eigenvalue weighted by molar-refractivity contribution is 7.18. The van der Waals surface area contributed by atoms with Gasteiger partial charge in [-0.2, -0.15) is 0 Å². The highest BCUT2D eigenvalue weighted by atomic mass is 32.1. The number of nitro benzene ring substituents is 1. The third kappa shape index (κ3) is 3.21. The lowest BCUT2D eigenvalue weighted by molar-refractivity contribution is -0.384. The summed E-state index contributed by atoms with van der Waals surface area (Å²) in [5, 5.41) is 13.2. The van der Waals surface area contributed by atoms with Crippen LogP contribution in [-0.2, 0) is 0 Å². The van der Waals surface area contributed by atoms with Crippen LogP contribution in [0, 0.1) is 24.0 Å². The molecule has 5 rings (SSSR count). The summed E-state index contributed by atoms with van der Waals surface area (Å²) in [5.74, 6) is 0.982. The minimum atomic E-state index is -0.357. The lowest BCUT2D eigenvalue weighted by Gasteiger charge is -2.37. The number of non-ortho nitro benzene ring substituents is 1. The number of nitrogens with zero attached hydrogens (tertiary/aromatic N) is 6. The molecular formula is C21H20N6O2S. The first-order chi connectivity index (χ1) is 14.5. The molecule has 152 valence electrons. The number of aromatic nitrogens is 3. The van der Waals surface area contributed by atoms with Crippen LogP contribution >= 0.6 is 11.3 Å². The van der Waals surface area contributed by atoms with Crippen LogP contribution in [0.5, 0.6) is 0 Å². The van der Waals surface area contributed by atoms with Crippen molar-refractivity contribution in [2.24, 2.45) is 0 Å². The van der Waals surface area contributed by atoms with Crippen molar-refractivity contribution in [3.63, 3.8) is 0 Å². The zero-order chi connectivity index (χ0) is 20.8. The van der Waals surface area contributed by atoms with Crippen molar-refractivity contribution >= 4 is 49.6 Å². The van der Waals surface area contributed by atoms with Crippen LogP contribution in [-0.4, -0.2) is 46.1 Å². The molecule has 0 aliphatic carbocycles. The summed E-state index contributed by atoms with van der Waals surface area (Å²) in [4.78, 5) is 31.2. The summed E-state index contributed by atoms with van der Waals surface area (Å²) in [7, 11) is 0. The number of thiophene rings is 1. The van der Waals surface area contributed by atoms with Gasteiger partial charge in [0, 0.05) is 60.0 Å². The summed E-state index contributed by atoms with van der Waals surface area (Å²) in [6.45, 7) is 7.28. The third-order valence-corrected chi connectivity index (χ3v) is 6.42. The topological polar surface area (TPSA) is 88.3 Å². The minimum absolute atomic E-state index is 0.0873. The van der Waals surface area contributed by atoms with E-state index in [0.717, 1.165) is 64.5 Å². The Morgan fingerprint density at radius 3 is 2.53 bits per heavy atom. The van der Waals surface area contributed by atoms with E-state index >= 15 is 0 Å². The van der Waals surface area contributed by atoms with E-state index in [1.54, 1.807) is 29.8 Å². The number of rotatable bonds is 3. The third-order valence-electron chi connectivity index (χ3n) is 5.46. The Kier molecular flexibility index (Phi) is 4.47. The van der Waals surface area contributed by atoms with Crippen LogP contribution in [0.25, 0.3) is 21.1 Å². The fraction of sp³-hybridized carbons (Fsp3) is 0.286. The number of hydrogen-bond donors (Lipinski definition) is 0. The molecule has 0 atom stereocenters. The molecule has 3 aromatic heterocycles. The van der Waals surface area contributed by atoms with E-state index in [2.05, 4.69) is 37.7 Å². The first-order valence-electron chi connectivity index (χ1n) is 9.76. The summed E-state index contributed by atoms with van der Waals surface area (Å²) in [5.41, 5.74) is 2.77. The van der Waals surface area contributed by atoms with Gasteiger partial charge >= 0.3 is 0 Å². The molecular weight excluding hydrogens is 400 g/mol. The molecule has 0 amide bonds. The van der Waals surface area contributed by atoms with Gasteiger partial charge < -0.3 is 9.80 Å². The second kappa shape index (κ2) is 7.17. The molecule has 9 heteroatoms. The first kappa shape index (κ1) is 18.7. The van der Waals surface area contributed by atoms with Crippen molar-refractivity contribution in [3.05, 3.63) is 57.3 Å². The van der Waals surface area contributed by atoms with Crippen molar-refractivity contribution in [1.29, 1.82) is 0 Å². The van der Waals surface area contributed by atoms with E-state index in [-0.39, 0.29) is 10.6 Å². The van der Waals surface area contributed by atoms with Gasteiger partial charge in [-0.1, -0.05) is 0 Å². The van der Waals surface area contributed by atoms with Crippen LogP contribution in [0.1, 0.15) is 10.6 Å². The fourth-order valence-corrected chi connectivity index (χ4v) is 4.92. The van der Waals surface area contributed by atoms with Crippen LogP contribution in [0.3, 0.4) is 0 Å². The number of nitro groups is 1. The van der Waals surface area contributed by atoms with Gasteiger partial charge in [-0.05, 0) is 32.0 Å². The lowest BCUT2D eigenvalue weighted by Crippen LogP contribution is -2.47. The predicted octanol–water partition coefficient (Wildman–Crippen LogP) is 4.09. The molecule has 1 saturated heterocycles.